The predicted molar refractivity (Wildman–Crippen MR) is 75.6 cm³/mol. The van der Waals surface area contributed by atoms with Gasteiger partial charge in [0.1, 0.15) is 0 Å². The van der Waals surface area contributed by atoms with Gasteiger partial charge in [-0.15, -0.1) is 0 Å². The van der Waals surface area contributed by atoms with Gasteiger partial charge < -0.3 is 0 Å². The Bertz CT molecular complexity index is 717. The van der Waals surface area contributed by atoms with Crippen molar-refractivity contribution in [2.75, 3.05) is 0 Å². The van der Waals surface area contributed by atoms with E-state index in [1.165, 1.54) is 11.1 Å². The van der Waals surface area contributed by atoms with Crippen LogP contribution in [-0.2, 0) is 10.8 Å². The van der Waals surface area contributed by atoms with E-state index in [0.717, 1.165) is 23.0 Å². The molecule has 0 amide bonds. The molecule has 0 saturated heterocycles. The van der Waals surface area contributed by atoms with Gasteiger partial charge in [0.2, 0.25) is 0 Å². The highest BCUT2D eigenvalue weighted by Gasteiger charge is 2.43. The molecule has 3 rings (SSSR count). The number of nitrogens with one attached hydrogen (secondary N) is 1. The molecule has 1 aliphatic rings. The highest BCUT2D eigenvalue weighted by molar-refractivity contribution is 5.93. The molecule has 1 N–H and O–H groups in total. The van der Waals surface area contributed by atoms with Crippen molar-refractivity contribution in [1.29, 1.82) is 0 Å². The Morgan fingerprint density at radius 1 is 1.32 bits per heavy atom. The van der Waals surface area contributed by atoms with Crippen molar-refractivity contribution in [2.45, 2.75) is 44.9 Å². The molecule has 1 aliphatic carbocycles. The maximum absolute atomic E-state index is 8.88. The Morgan fingerprint density at radius 3 is 2.74 bits per heavy atom. The summed E-state index contributed by atoms with van der Waals surface area (Å²) in [5.41, 5.74) is 13.1. The summed E-state index contributed by atoms with van der Waals surface area (Å²) in [6, 6.07) is 2.16. The average molecular weight is 255 g/mol. The topological polar surface area (TPSA) is 77.4 Å². The first-order chi connectivity index (χ1) is 8.87. The van der Waals surface area contributed by atoms with Crippen LogP contribution in [-0.4, -0.2) is 10.2 Å². The van der Waals surface area contributed by atoms with Crippen molar-refractivity contribution in [3.63, 3.8) is 0 Å². The summed E-state index contributed by atoms with van der Waals surface area (Å²) in [5.74, 6) is 0. The number of aromatic amines is 1. The average Bonchev–Trinajstić information content (AvgIpc) is 2.80. The number of fused-ring (bicyclic) bond motifs is 2. The monoisotopic (exact) mass is 255 g/mol. The van der Waals surface area contributed by atoms with E-state index in [1.54, 1.807) is 6.20 Å². The predicted octanol–water partition coefficient (Wildman–Crippen LogP) is 4.46. The van der Waals surface area contributed by atoms with Crippen LogP contribution in [0.1, 0.15) is 45.2 Å². The fraction of sp³-hybridized carbons (Fsp3) is 0.500. The van der Waals surface area contributed by atoms with Gasteiger partial charge in [0.05, 0.1) is 17.4 Å². The standard InChI is InChI=1S/C14H17N5/c1-13(2)7-14(3,4)11-9(13)5-10-8(6-16-17-10)12(11)18-19-15/h5-6H,7H2,1-4H3,(H,16,17). The first-order valence-corrected chi connectivity index (χ1v) is 6.43. The second-order valence-corrected chi connectivity index (χ2v) is 6.61. The molecule has 5 heteroatoms. The van der Waals surface area contributed by atoms with Crippen molar-refractivity contribution >= 4 is 16.6 Å². The third-order valence-electron chi connectivity index (χ3n) is 4.15. The van der Waals surface area contributed by atoms with Gasteiger partial charge in [-0.2, -0.15) is 5.10 Å². The lowest BCUT2D eigenvalue weighted by atomic mass is 9.81. The molecule has 1 aromatic carbocycles. The Hall–Kier alpha value is -2.00. The number of hydrogen-bond donors (Lipinski definition) is 1. The van der Waals surface area contributed by atoms with Crippen LogP contribution in [0, 0.1) is 0 Å². The molecule has 0 atom stereocenters. The SMILES string of the molecule is CC1(C)CC(C)(C)c2c1cc1[nH]ncc1c2N=[N+]=[N-]. The van der Waals surface area contributed by atoms with Crippen molar-refractivity contribution in [2.24, 2.45) is 5.11 Å². The van der Waals surface area contributed by atoms with E-state index >= 15 is 0 Å². The van der Waals surface area contributed by atoms with Crippen molar-refractivity contribution < 1.29 is 0 Å². The fourth-order valence-electron chi connectivity index (χ4n) is 3.73. The highest BCUT2D eigenvalue weighted by Crippen LogP contribution is 2.54. The quantitative estimate of drug-likeness (QED) is 0.455. The first-order valence-electron chi connectivity index (χ1n) is 6.43. The molecule has 1 heterocycles. The first kappa shape index (κ1) is 12.1. The van der Waals surface area contributed by atoms with Crippen LogP contribution in [0.2, 0.25) is 0 Å². The summed E-state index contributed by atoms with van der Waals surface area (Å²) >= 11 is 0. The Balaban J connectivity index is 2.50. The third-order valence-corrected chi connectivity index (χ3v) is 4.15. The molecular formula is C14H17N5. The molecule has 0 saturated carbocycles. The summed E-state index contributed by atoms with van der Waals surface area (Å²) in [6.07, 6.45) is 2.78. The molecule has 2 aromatic rings. The number of H-pyrrole nitrogens is 1. The lowest BCUT2D eigenvalue weighted by Gasteiger charge is -2.23. The molecule has 0 spiro atoms. The summed E-state index contributed by atoms with van der Waals surface area (Å²) < 4.78 is 0. The summed E-state index contributed by atoms with van der Waals surface area (Å²) in [7, 11) is 0. The van der Waals surface area contributed by atoms with E-state index < -0.39 is 0 Å². The maximum atomic E-state index is 8.88. The van der Waals surface area contributed by atoms with E-state index in [0.29, 0.717) is 0 Å². The molecule has 19 heavy (non-hydrogen) atoms. The van der Waals surface area contributed by atoms with Gasteiger partial charge in [-0.1, -0.05) is 32.8 Å². The van der Waals surface area contributed by atoms with Gasteiger partial charge in [-0.05, 0) is 40.0 Å². The molecule has 0 aliphatic heterocycles. The van der Waals surface area contributed by atoms with Crippen LogP contribution in [0.3, 0.4) is 0 Å². The van der Waals surface area contributed by atoms with Crippen LogP contribution in [0.15, 0.2) is 17.4 Å². The van der Waals surface area contributed by atoms with Gasteiger partial charge in [0, 0.05) is 10.3 Å². The summed E-state index contributed by atoms with van der Waals surface area (Å²) in [6.45, 7) is 8.90. The lowest BCUT2D eigenvalue weighted by Crippen LogP contribution is -2.18. The largest absolute Gasteiger partial charge is 0.278 e. The smallest absolute Gasteiger partial charge is 0.0658 e. The second-order valence-electron chi connectivity index (χ2n) is 6.61. The van der Waals surface area contributed by atoms with Gasteiger partial charge in [-0.25, -0.2) is 0 Å². The van der Waals surface area contributed by atoms with Crippen LogP contribution < -0.4 is 0 Å². The van der Waals surface area contributed by atoms with Gasteiger partial charge in [-0.3, -0.25) is 5.10 Å². The van der Waals surface area contributed by atoms with E-state index in [4.69, 9.17) is 5.53 Å². The molecule has 0 fully saturated rings. The Labute approximate surface area is 111 Å². The Morgan fingerprint density at radius 2 is 2.05 bits per heavy atom. The minimum Gasteiger partial charge on any atom is -0.278 e. The van der Waals surface area contributed by atoms with E-state index in [1.807, 2.05) is 0 Å². The summed E-state index contributed by atoms with van der Waals surface area (Å²) in [4.78, 5) is 3.01. The number of azide groups is 1. The van der Waals surface area contributed by atoms with Crippen molar-refractivity contribution in [1.82, 2.24) is 10.2 Å². The fourth-order valence-corrected chi connectivity index (χ4v) is 3.73. The van der Waals surface area contributed by atoms with Crippen molar-refractivity contribution in [3.05, 3.63) is 33.8 Å². The molecule has 0 unspecified atom stereocenters. The van der Waals surface area contributed by atoms with Gasteiger partial charge in [0.25, 0.3) is 0 Å². The van der Waals surface area contributed by atoms with Gasteiger partial charge >= 0.3 is 0 Å². The minimum absolute atomic E-state index is 0.00775. The van der Waals surface area contributed by atoms with Gasteiger partial charge in [0.15, 0.2) is 0 Å². The zero-order valence-electron chi connectivity index (χ0n) is 11.7. The van der Waals surface area contributed by atoms with E-state index in [2.05, 4.69) is 54.0 Å². The molecule has 0 radical (unpaired) electrons. The third kappa shape index (κ3) is 1.55. The van der Waals surface area contributed by atoms with E-state index in [-0.39, 0.29) is 10.8 Å². The Kier molecular flexibility index (Phi) is 2.23. The molecular weight excluding hydrogens is 238 g/mol. The number of aromatic nitrogens is 2. The number of nitrogens with zero attached hydrogens (tertiary/aromatic N) is 4. The maximum Gasteiger partial charge on any atom is 0.0658 e. The number of benzene rings is 1. The minimum atomic E-state index is 0.00775. The number of rotatable bonds is 1. The molecule has 0 bridgehead atoms. The van der Waals surface area contributed by atoms with Crippen LogP contribution in [0.5, 0.6) is 0 Å². The second kappa shape index (κ2) is 3.52. The zero-order valence-corrected chi connectivity index (χ0v) is 11.7. The molecule has 98 valence electrons. The van der Waals surface area contributed by atoms with E-state index in [9.17, 15) is 0 Å². The normalized spacial score (nSPS) is 19.2. The van der Waals surface area contributed by atoms with Crippen molar-refractivity contribution in [3.8, 4) is 0 Å². The molecule has 5 nitrogen and oxygen atoms in total. The number of hydrogen-bond acceptors (Lipinski definition) is 2. The zero-order chi connectivity index (χ0) is 13.8. The highest BCUT2D eigenvalue weighted by atomic mass is 15.1. The van der Waals surface area contributed by atoms with Crippen LogP contribution in [0.25, 0.3) is 21.3 Å². The lowest BCUT2D eigenvalue weighted by molar-refractivity contribution is 0.403. The molecule has 1 aromatic heterocycles. The van der Waals surface area contributed by atoms with Crippen LogP contribution in [0.4, 0.5) is 5.69 Å². The summed E-state index contributed by atoms with van der Waals surface area (Å²) in [5, 5.41) is 11.9. The van der Waals surface area contributed by atoms with Crippen LogP contribution >= 0.6 is 0 Å².